The highest BCUT2D eigenvalue weighted by atomic mass is 35.5. The number of carboxylic acids is 1. The van der Waals surface area contributed by atoms with Crippen LogP contribution in [-0.2, 0) is 9.59 Å². The molecule has 128 valence electrons. The van der Waals surface area contributed by atoms with E-state index in [4.69, 9.17) is 11.6 Å². The first-order valence-corrected chi connectivity index (χ1v) is 8.00. The van der Waals surface area contributed by atoms with Gasteiger partial charge in [-0.05, 0) is 35.9 Å². The first-order chi connectivity index (χ1) is 11.9. The predicted octanol–water partition coefficient (Wildman–Crippen LogP) is 1.70. The van der Waals surface area contributed by atoms with Crippen LogP contribution in [0.1, 0.15) is 16.8 Å². The van der Waals surface area contributed by atoms with Crippen LogP contribution in [0.25, 0.3) is 0 Å². The molecule has 0 radical (unpaired) electrons. The lowest BCUT2D eigenvalue weighted by Gasteiger charge is -2.17. The largest absolute Gasteiger partial charge is 0.545 e. The number of carbonyl (C=O) groups is 3. The van der Waals surface area contributed by atoms with Gasteiger partial charge in [0.05, 0.1) is 11.9 Å². The summed E-state index contributed by atoms with van der Waals surface area (Å²) in [4.78, 5) is 36.8. The number of anilines is 2. The molecule has 1 heterocycles. The second kappa shape index (κ2) is 6.94. The van der Waals surface area contributed by atoms with Crippen molar-refractivity contribution in [2.45, 2.75) is 6.42 Å². The number of amides is 2. The summed E-state index contributed by atoms with van der Waals surface area (Å²) >= 11 is 5.95. The van der Waals surface area contributed by atoms with Crippen LogP contribution in [-0.4, -0.2) is 24.3 Å². The van der Waals surface area contributed by atoms with E-state index in [2.05, 4.69) is 5.32 Å². The minimum Gasteiger partial charge on any atom is -0.545 e. The molecule has 6 nitrogen and oxygen atoms in total. The lowest BCUT2D eigenvalue weighted by Crippen LogP contribution is -2.28. The summed E-state index contributed by atoms with van der Waals surface area (Å²) in [6, 6.07) is 12.6. The van der Waals surface area contributed by atoms with Crippen molar-refractivity contribution in [2.24, 2.45) is 5.92 Å². The highest BCUT2D eigenvalue weighted by Gasteiger charge is 2.35. The summed E-state index contributed by atoms with van der Waals surface area (Å²) in [5, 5.41) is 13.9. The van der Waals surface area contributed by atoms with Crippen molar-refractivity contribution in [3.8, 4) is 0 Å². The Morgan fingerprint density at radius 1 is 1.16 bits per heavy atom. The van der Waals surface area contributed by atoms with Gasteiger partial charge in [0.1, 0.15) is 0 Å². The molecule has 0 aliphatic carbocycles. The molecule has 1 fully saturated rings. The normalized spacial score (nSPS) is 16.8. The number of carboxylic acid groups (broad SMARTS) is 1. The predicted molar refractivity (Wildman–Crippen MR) is 91.3 cm³/mol. The molecule has 1 saturated heterocycles. The Bertz CT molecular complexity index is 835. The van der Waals surface area contributed by atoms with Crippen molar-refractivity contribution in [3.05, 3.63) is 59.1 Å². The Hall–Kier alpha value is -2.86. The van der Waals surface area contributed by atoms with E-state index < -0.39 is 11.9 Å². The van der Waals surface area contributed by atoms with E-state index in [1.54, 1.807) is 24.3 Å². The number of nitrogens with one attached hydrogen (secondary N) is 1. The third-order valence-electron chi connectivity index (χ3n) is 4.00. The average Bonchev–Trinajstić information content (AvgIpc) is 2.97. The molecular formula is C18H14ClN2O4-. The third-order valence-corrected chi connectivity index (χ3v) is 4.24. The van der Waals surface area contributed by atoms with Gasteiger partial charge in [-0.25, -0.2) is 0 Å². The number of carbonyl (C=O) groups excluding carboxylic acids is 3. The van der Waals surface area contributed by atoms with Crippen molar-refractivity contribution in [2.75, 3.05) is 16.8 Å². The van der Waals surface area contributed by atoms with Gasteiger partial charge in [0.2, 0.25) is 11.8 Å². The Morgan fingerprint density at radius 2 is 1.88 bits per heavy atom. The summed E-state index contributed by atoms with van der Waals surface area (Å²) in [6.45, 7) is 0.266. The van der Waals surface area contributed by atoms with Crippen LogP contribution in [0.3, 0.4) is 0 Å². The van der Waals surface area contributed by atoms with E-state index in [0.29, 0.717) is 16.4 Å². The third kappa shape index (κ3) is 3.80. The topological polar surface area (TPSA) is 89.5 Å². The zero-order chi connectivity index (χ0) is 18.0. The fourth-order valence-corrected chi connectivity index (χ4v) is 2.90. The van der Waals surface area contributed by atoms with Crippen molar-refractivity contribution in [3.63, 3.8) is 0 Å². The SMILES string of the molecule is O=C([O-])c1ccc(NC(=O)[C@H]2CC(=O)N(c3cccc(Cl)c3)C2)cc1. The molecule has 1 atom stereocenters. The molecule has 7 heteroatoms. The number of aromatic carboxylic acids is 1. The van der Waals surface area contributed by atoms with Crippen molar-refractivity contribution in [1.29, 1.82) is 0 Å². The fraction of sp³-hybridized carbons (Fsp3) is 0.167. The Kier molecular flexibility index (Phi) is 4.72. The number of benzene rings is 2. The summed E-state index contributed by atoms with van der Waals surface area (Å²) in [7, 11) is 0. The van der Waals surface area contributed by atoms with Crippen LogP contribution in [0.4, 0.5) is 11.4 Å². The molecule has 1 aliphatic heterocycles. The van der Waals surface area contributed by atoms with E-state index in [1.165, 1.54) is 29.2 Å². The first kappa shape index (κ1) is 17.0. The van der Waals surface area contributed by atoms with Gasteiger partial charge < -0.3 is 20.1 Å². The fourth-order valence-electron chi connectivity index (χ4n) is 2.71. The summed E-state index contributed by atoms with van der Waals surface area (Å²) in [6.07, 6.45) is 0.107. The average molecular weight is 358 g/mol. The van der Waals surface area contributed by atoms with E-state index in [9.17, 15) is 19.5 Å². The molecule has 25 heavy (non-hydrogen) atoms. The zero-order valence-electron chi connectivity index (χ0n) is 13.1. The van der Waals surface area contributed by atoms with Crippen LogP contribution in [0.5, 0.6) is 0 Å². The van der Waals surface area contributed by atoms with Gasteiger partial charge in [-0.3, -0.25) is 9.59 Å². The Labute approximate surface area is 149 Å². The number of nitrogens with zero attached hydrogens (tertiary/aromatic N) is 1. The number of hydrogen-bond acceptors (Lipinski definition) is 4. The van der Waals surface area contributed by atoms with E-state index >= 15 is 0 Å². The van der Waals surface area contributed by atoms with E-state index in [1.807, 2.05) is 0 Å². The molecule has 0 saturated carbocycles. The molecule has 0 bridgehead atoms. The van der Waals surface area contributed by atoms with Gasteiger partial charge in [-0.2, -0.15) is 0 Å². The molecule has 2 aromatic rings. The van der Waals surface area contributed by atoms with Crippen molar-refractivity contribution in [1.82, 2.24) is 0 Å². The smallest absolute Gasteiger partial charge is 0.229 e. The van der Waals surface area contributed by atoms with E-state index in [-0.39, 0.29) is 30.3 Å². The molecule has 2 amide bonds. The van der Waals surface area contributed by atoms with Crippen molar-refractivity contribution >= 4 is 40.8 Å². The molecule has 0 aromatic heterocycles. The highest BCUT2D eigenvalue weighted by molar-refractivity contribution is 6.31. The molecule has 3 rings (SSSR count). The minimum atomic E-state index is -1.28. The minimum absolute atomic E-state index is 0.0289. The second-order valence-corrected chi connectivity index (χ2v) is 6.18. The van der Waals surface area contributed by atoms with Crippen LogP contribution in [0.15, 0.2) is 48.5 Å². The lowest BCUT2D eigenvalue weighted by molar-refractivity contribution is -0.255. The molecule has 0 unspecified atom stereocenters. The van der Waals surface area contributed by atoms with Crippen molar-refractivity contribution < 1.29 is 19.5 Å². The van der Waals surface area contributed by atoms with Gasteiger partial charge in [0.15, 0.2) is 0 Å². The van der Waals surface area contributed by atoms with Gasteiger partial charge in [-0.15, -0.1) is 0 Å². The Balaban J connectivity index is 1.67. The molecule has 2 aromatic carbocycles. The van der Waals surface area contributed by atoms with Gasteiger partial charge in [0.25, 0.3) is 0 Å². The first-order valence-electron chi connectivity index (χ1n) is 7.62. The molecule has 1 aliphatic rings. The quantitative estimate of drug-likeness (QED) is 0.901. The number of halogens is 1. The lowest BCUT2D eigenvalue weighted by atomic mass is 10.1. The second-order valence-electron chi connectivity index (χ2n) is 5.74. The van der Waals surface area contributed by atoms with Crippen LogP contribution >= 0.6 is 11.6 Å². The van der Waals surface area contributed by atoms with Crippen LogP contribution < -0.4 is 15.3 Å². The highest BCUT2D eigenvalue weighted by Crippen LogP contribution is 2.27. The summed E-state index contributed by atoms with van der Waals surface area (Å²) in [5.41, 5.74) is 1.15. The maximum atomic E-state index is 12.4. The number of rotatable bonds is 4. The van der Waals surface area contributed by atoms with Crippen LogP contribution in [0, 0.1) is 5.92 Å². The van der Waals surface area contributed by atoms with Gasteiger partial charge in [-0.1, -0.05) is 29.8 Å². The maximum absolute atomic E-state index is 12.4. The Morgan fingerprint density at radius 3 is 2.52 bits per heavy atom. The van der Waals surface area contributed by atoms with Gasteiger partial charge in [0, 0.05) is 29.4 Å². The summed E-state index contributed by atoms with van der Waals surface area (Å²) < 4.78 is 0. The molecule has 0 spiro atoms. The van der Waals surface area contributed by atoms with E-state index in [0.717, 1.165) is 0 Å². The summed E-state index contributed by atoms with van der Waals surface area (Å²) in [5.74, 6) is -2.21. The zero-order valence-corrected chi connectivity index (χ0v) is 13.8. The monoisotopic (exact) mass is 357 g/mol. The molecule has 1 N–H and O–H groups in total. The standard InChI is InChI=1S/C18H15ClN2O4/c19-13-2-1-3-15(9-13)21-10-12(8-16(21)22)17(23)20-14-6-4-11(5-7-14)18(24)25/h1-7,9,12H,8,10H2,(H,20,23)(H,24,25)/p-1/t12-/m0/s1. The van der Waals surface area contributed by atoms with Gasteiger partial charge >= 0.3 is 0 Å². The molecular weight excluding hydrogens is 344 g/mol. The maximum Gasteiger partial charge on any atom is 0.229 e. The van der Waals surface area contributed by atoms with Crippen LogP contribution in [0.2, 0.25) is 5.02 Å². The number of hydrogen-bond donors (Lipinski definition) is 1.